The maximum atomic E-state index is 3.83. The van der Waals surface area contributed by atoms with Crippen LogP contribution in [0.3, 0.4) is 0 Å². The summed E-state index contributed by atoms with van der Waals surface area (Å²) in [5, 5.41) is 0. The Bertz CT molecular complexity index is 236. The normalized spacial score (nSPS) is 11.2. The highest BCUT2D eigenvalue weighted by molar-refractivity contribution is 4.80. The molecule has 0 unspecified atom stereocenters. The third kappa shape index (κ3) is 6.93. The zero-order chi connectivity index (χ0) is 13.1. The summed E-state index contributed by atoms with van der Waals surface area (Å²) in [5.74, 6) is 0. The minimum absolute atomic E-state index is 0.911. The van der Waals surface area contributed by atoms with Crippen LogP contribution in [0, 0.1) is 0 Å². The maximum absolute atomic E-state index is 3.83. The van der Waals surface area contributed by atoms with E-state index in [1.807, 2.05) is 24.3 Å². The molecule has 2 nitrogen and oxygen atoms in total. The van der Waals surface area contributed by atoms with Crippen LogP contribution in [-0.4, -0.2) is 55.7 Å². The molecular weight excluding hydrogens is 208 g/mol. The second-order valence-electron chi connectivity index (χ2n) is 4.62. The smallest absolute Gasteiger partial charge is 0.0971 e. The van der Waals surface area contributed by atoms with Crippen molar-refractivity contribution in [3.63, 3.8) is 0 Å². The molecule has 0 amide bonds. The molecule has 0 spiro atoms. The minimum atomic E-state index is 0.911. The molecule has 0 aromatic rings. The topological polar surface area (TPSA) is 3.24 Å². The zero-order valence-corrected chi connectivity index (χ0v) is 11.3. The van der Waals surface area contributed by atoms with Crippen LogP contribution in [-0.2, 0) is 0 Å². The van der Waals surface area contributed by atoms with E-state index in [1.165, 1.54) is 0 Å². The summed E-state index contributed by atoms with van der Waals surface area (Å²) in [7, 11) is 2.24. The van der Waals surface area contributed by atoms with Gasteiger partial charge in [-0.3, -0.25) is 4.90 Å². The van der Waals surface area contributed by atoms with E-state index in [1.54, 1.807) is 0 Å². The van der Waals surface area contributed by atoms with Crippen LogP contribution in [0.5, 0.6) is 0 Å². The molecule has 96 valence electrons. The molecule has 0 aromatic carbocycles. The van der Waals surface area contributed by atoms with E-state index < -0.39 is 0 Å². The lowest BCUT2D eigenvalue weighted by Gasteiger charge is -2.34. The van der Waals surface area contributed by atoms with Gasteiger partial charge in [0.05, 0.1) is 26.7 Å². The highest BCUT2D eigenvalue weighted by Crippen LogP contribution is 2.04. The predicted octanol–water partition coefficient (Wildman–Crippen LogP) is 2.48. The Morgan fingerprint density at radius 2 is 1.35 bits per heavy atom. The number of likely N-dealkylation sites (N-methyl/N-ethyl adjacent to an activating group) is 1. The van der Waals surface area contributed by atoms with Crippen molar-refractivity contribution in [3.8, 4) is 0 Å². The molecule has 0 aliphatic heterocycles. The van der Waals surface area contributed by atoms with Crippen LogP contribution >= 0.6 is 0 Å². The van der Waals surface area contributed by atoms with Crippen molar-refractivity contribution < 1.29 is 4.48 Å². The molecule has 0 fully saturated rings. The third-order valence-electron chi connectivity index (χ3n) is 2.87. The molecular formula is C15H27N2+. The van der Waals surface area contributed by atoms with Gasteiger partial charge < -0.3 is 4.48 Å². The van der Waals surface area contributed by atoms with Gasteiger partial charge in [0, 0.05) is 19.6 Å². The largest absolute Gasteiger partial charge is 0.319 e. The number of hydrogen-bond acceptors (Lipinski definition) is 1. The van der Waals surface area contributed by atoms with Crippen molar-refractivity contribution >= 4 is 0 Å². The summed E-state index contributed by atoms with van der Waals surface area (Å²) in [6.07, 6.45) is 7.84. The van der Waals surface area contributed by atoms with Crippen LogP contribution in [0.25, 0.3) is 0 Å². The fourth-order valence-electron chi connectivity index (χ4n) is 1.89. The number of hydrogen-bond donors (Lipinski definition) is 0. The molecule has 17 heavy (non-hydrogen) atoms. The van der Waals surface area contributed by atoms with E-state index >= 15 is 0 Å². The fraction of sp³-hybridized carbons (Fsp3) is 0.467. The lowest BCUT2D eigenvalue weighted by molar-refractivity contribution is -0.897. The fourth-order valence-corrected chi connectivity index (χ4v) is 1.89. The Kier molecular flexibility index (Phi) is 8.38. The summed E-state index contributed by atoms with van der Waals surface area (Å²) < 4.78 is 0.956. The summed E-state index contributed by atoms with van der Waals surface area (Å²) in [6, 6.07) is 0. The lowest BCUT2D eigenvalue weighted by atomic mass is 10.3. The molecule has 0 rings (SSSR count). The molecule has 0 heterocycles. The summed E-state index contributed by atoms with van der Waals surface area (Å²) in [6.45, 7) is 21.1. The number of quaternary nitrogens is 1. The van der Waals surface area contributed by atoms with E-state index in [9.17, 15) is 0 Å². The molecule has 0 atom stereocenters. The van der Waals surface area contributed by atoms with Crippen molar-refractivity contribution in [2.45, 2.75) is 0 Å². The minimum Gasteiger partial charge on any atom is -0.319 e. The molecule has 0 saturated heterocycles. The van der Waals surface area contributed by atoms with Crippen LogP contribution < -0.4 is 0 Å². The first-order valence-electron chi connectivity index (χ1n) is 6.11. The third-order valence-corrected chi connectivity index (χ3v) is 2.87. The van der Waals surface area contributed by atoms with E-state index in [-0.39, 0.29) is 0 Å². The van der Waals surface area contributed by atoms with E-state index in [0.717, 1.165) is 43.8 Å². The molecule has 0 saturated carbocycles. The van der Waals surface area contributed by atoms with Gasteiger partial charge in [0.25, 0.3) is 0 Å². The molecule has 0 aromatic heterocycles. The van der Waals surface area contributed by atoms with Crippen molar-refractivity contribution in [2.75, 3.05) is 46.3 Å². The van der Waals surface area contributed by atoms with Crippen molar-refractivity contribution in [3.05, 3.63) is 50.6 Å². The number of rotatable bonds is 11. The second-order valence-corrected chi connectivity index (χ2v) is 4.62. The van der Waals surface area contributed by atoms with Gasteiger partial charge in [0.15, 0.2) is 0 Å². The van der Waals surface area contributed by atoms with Gasteiger partial charge in [-0.25, -0.2) is 0 Å². The summed E-state index contributed by atoms with van der Waals surface area (Å²) >= 11 is 0. The highest BCUT2D eigenvalue weighted by Gasteiger charge is 2.18. The predicted molar refractivity (Wildman–Crippen MR) is 78.0 cm³/mol. The molecule has 0 aliphatic carbocycles. The average Bonchev–Trinajstić information content (AvgIpc) is 2.27. The van der Waals surface area contributed by atoms with Crippen molar-refractivity contribution in [1.29, 1.82) is 0 Å². The first-order valence-corrected chi connectivity index (χ1v) is 6.11. The second kappa shape index (κ2) is 8.97. The van der Waals surface area contributed by atoms with Crippen LogP contribution in [0.2, 0.25) is 0 Å². The first-order chi connectivity index (χ1) is 8.11. The van der Waals surface area contributed by atoms with E-state index in [2.05, 4.69) is 38.3 Å². The van der Waals surface area contributed by atoms with Crippen LogP contribution in [0.4, 0.5) is 0 Å². The van der Waals surface area contributed by atoms with Crippen molar-refractivity contribution in [1.82, 2.24) is 4.90 Å². The highest BCUT2D eigenvalue weighted by atomic mass is 15.3. The van der Waals surface area contributed by atoms with Crippen molar-refractivity contribution in [2.24, 2.45) is 0 Å². The number of nitrogens with zero attached hydrogens (tertiary/aromatic N) is 2. The maximum Gasteiger partial charge on any atom is 0.0971 e. The molecule has 2 heteroatoms. The van der Waals surface area contributed by atoms with E-state index in [4.69, 9.17) is 0 Å². The Hall–Kier alpha value is -1.12. The van der Waals surface area contributed by atoms with Gasteiger partial charge in [-0.15, -0.1) is 13.2 Å². The van der Waals surface area contributed by atoms with Gasteiger partial charge in [0.2, 0.25) is 0 Å². The molecule has 0 N–H and O–H groups in total. The average molecular weight is 235 g/mol. The Balaban J connectivity index is 4.32. The summed E-state index contributed by atoms with van der Waals surface area (Å²) in [5.41, 5.74) is 0. The van der Waals surface area contributed by atoms with Gasteiger partial charge in [-0.1, -0.05) is 25.3 Å². The van der Waals surface area contributed by atoms with Gasteiger partial charge in [-0.2, -0.15) is 0 Å². The Morgan fingerprint density at radius 1 is 0.882 bits per heavy atom. The Morgan fingerprint density at radius 3 is 1.71 bits per heavy atom. The quantitative estimate of drug-likeness (QED) is 0.393. The molecule has 0 bridgehead atoms. The van der Waals surface area contributed by atoms with Crippen LogP contribution in [0.15, 0.2) is 50.6 Å². The monoisotopic (exact) mass is 235 g/mol. The van der Waals surface area contributed by atoms with Gasteiger partial charge in [0.1, 0.15) is 0 Å². The zero-order valence-electron chi connectivity index (χ0n) is 11.3. The summed E-state index contributed by atoms with van der Waals surface area (Å²) in [4.78, 5) is 2.34. The SMILES string of the molecule is C=CCN(CC=C)CC[N+](C)(CC=C)CC=C. The molecule has 0 radical (unpaired) electrons. The van der Waals surface area contributed by atoms with Gasteiger partial charge in [-0.05, 0) is 12.2 Å². The van der Waals surface area contributed by atoms with Crippen LogP contribution in [0.1, 0.15) is 0 Å². The van der Waals surface area contributed by atoms with Gasteiger partial charge >= 0.3 is 0 Å². The first kappa shape index (κ1) is 15.9. The lowest BCUT2D eigenvalue weighted by Crippen LogP contribution is -2.49. The van der Waals surface area contributed by atoms with E-state index in [0.29, 0.717) is 0 Å². The molecule has 0 aliphatic rings. The Labute approximate surface area is 107 Å². The standard InChI is InChI=1S/C15H27N2/c1-6-10-16(11-7-2)12-15-17(5,13-8-3)14-9-4/h6-9H,1-4,10-15H2,5H3/q+1.